The van der Waals surface area contributed by atoms with Crippen LogP contribution in [0.15, 0.2) is 18.2 Å². The van der Waals surface area contributed by atoms with Gasteiger partial charge in [-0.15, -0.1) is 0 Å². The summed E-state index contributed by atoms with van der Waals surface area (Å²) in [5.74, 6) is 0.848. The fourth-order valence-corrected chi connectivity index (χ4v) is 1.81. The van der Waals surface area contributed by atoms with Gasteiger partial charge in [-0.1, -0.05) is 24.6 Å². The highest BCUT2D eigenvalue weighted by atomic mass is 35.5. The Hall–Kier alpha value is -1.02. The molecule has 2 atom stereocenters. The van der Waals surface area contributed by atoms with Gasteiger partial charge in [0.25, 0.3) is 0 Å². The van der Waals surface area contributed by atoms with Gasteiger partial charge in [0.05, 0.1) is 0 Å². The summed E-state index contributed by atoms with van der Waals surface area (Å²) in [4.78, 5) is 11.7. The number of nitrogens with one attached hydrogen (secondary N) is 1. The third-order valence-corrected chi connectivity index (χ3v) is 3.14. The molecule has 2 rings (SSSR count). The van der Waals surface area contributed by atoms with Crippen molar-refractivity contribution in [3.05, 3.63) is 28.8 Å². The quantitative estimate of drug-likeness (QED) is 0.820. The van der Waals surface area contributed by atoms with Crippen molar-refractivity contribution in [2.24, 2.45) is 11.8 Å². The monoisotopic (exact) mass is 223 g/mol. The van der Waals surface area contributed by atoms with E-state index in [0.29, 0.717) is 10.9 Å². The molecule has 1 aliphatic rings. The Morgan fingerprint density at radius 3 is 2.80 bits per heavy atom. The molecule has 3 heteroatoms. The molecule has 1 N–H and O–H groups in total. The Balaban J connectivity index is 2.10. The van der Waals surface area contributed by atoms with E-state index in [9.17, 15) is 4.79 Å². The molecule has 0 saturated heterocycles. The largest absolute Gasteiger partial charge is 0.326 e. The molecule has 1 aliphatic carbocycles. The zero-order chi connectivity index (χ0) is 11.0. The molecule has 0 radical (unpaired) electrons. The van der Waals surface area contributed by atoms with Gasteiger partial charge in [-0.05, 0) is 37.0 Å². The predicted molar refractivity (Wildman–Crippen MR) is 62.1 cm³/mol. The molecule has 1 saturated carbocycles. The third-order valence-electron chi connectivity index (χ3n) is 2.90. The lowest BCUT2D eigenvalue weighted by molar-refractivity contribution is -0.117. The summed E-state index contributed by atoms with van der Waals surface area (Å²) >= 11 is 5.87. The lowest BCUT2D eigenvalue weighted by atomic mass is 10.2. The minimum atomic E-state index is 0.118. The summed E-state index contributed by atoms with van der Waals surface area (Å²) in [5.41, 5.74) is 1.87. The van der Waals surface area contributed by atoms with Crippen LogP contribution in [0, 0.1) is 18.8 Å². The van der Waals surface area contributed by atoms with Crippen LogP contribution >= 0.6 is 11.6 Å². The van der Waals surface area contributed by atoms with Crippen molar-refractivity contribution in [2.75, 3.05) is 5.32 Å². The molecule has 2 nitrogen and oxygen atoms in total. The smallest absolute Gasteiger partial charge is 0.227 e. The highest BCUT2D eigenvalue weighted by Crippen LogP contribution is 2.38. The SMILES string of the molecule is Cc1ccc(Cl)cc1NC(=O)[C@H]1C[C@H]1C. The number of hydrogen-bond donors (Lipinski definition) is 1. The normalized spacial score (nSPS) is 23.7. The van der Waals surface area contributed by atoms with Crippen LogP contribution in [0.3, 0.4) is 0 Å². The molecule has 0 unspecified atom stereocenters. The Labute approximate surface area is 94.6 Å². The van der Waals surface area contributed by atoms with E-state index >= 15 is 0 Å². The predicted octanol–water partition coefficient (Wildman–Crippen LogP) is 3.24. The van der Waals surface area contributed by atoms with Crippen LogP contribution in [0.25, 0.3) is 0 Å². The van der Waals surface area contributed by atoms with E-state index < -0.39 is 0 Å². The average Bonchev–Trinajstić information content (AvgIpc) is 2.89. The van der Waals surface area contributed by atoms with Gasteiger partial charge >= 0.3 is 0 Å². The number of rotatable bonds is 2. The third kappa shape index (κ3) is 2.32. The molecule has 0 bridgehead atoms. The van der Waals surface area contributed by atoms with Gasteiger partial charge in [0, 0.05) is 16.6 Å². The fourth-order valence-electron chi connectivity index (χ4n) is 1.64. The lowest BCUT2D eigenvalue weighted by Crippen LogP contribution is -2.15. The number of carbonyl (C=O) groups is 1. The zero-order valence-corrected chi connectivity index (χ0v) is 9.64. The molecule has 0 spiro atoms. The van der Waals surface area contributed by atoms with E-state index in [4.69, 9.17) is 11.6 Å². The number of carbonyl (C=O) groups excluding carboxylic acids is 1. The van der Waals surface area contributed by atoms with E-state index in [1.165, 1.54) is 0 Å². The number of benzene rings is 1. The van der Waals surface area contributed by atoms with E-state index in [-0.39, 0.29) is 11.8 Å². The molecule has 1 aromatic carbocycles. The number of halogens is 1. The van der Waals surface area contributed by atoms with Gasteiger partial charge in [0.15, 0.2) is 0 Å². The van der Waals surface area contributed by atoms with Crippen LogP contribution in [-0.4, -0.2) is 5.91 Å². The minimum absolute atomic E-state index is 0.118. The Morgan fingerprint density at radius 2 is 2.20 bits per heavy atom. The van der Waals surface area contributed by atoms with Gasteiger partial charge in [0.2, 0.25) is 5.91 Å². The van der Waals surface area contributed by atoms with Gasteiger partial charge in [-0.3, -0.25) is 4.79 Å². The van der Waals surface area contributed by atoms with Crippen LogP contribution in [0.5, 0.6) is 0 Å². The Kier molecular flexibility index (Phi) is 2.70. The molecule has 1 amide bonds. The van der Waals surface area contributed by atoms with Crippen LogP contribution in [0.2, 0.25) is 5.02 Å². The number of anilines is 1. The first-order valence-corrected chi connectivity index (χ1v) is 5.52. The van der Waals surface area contributed by atoms with Crippen molar-refractivity contribution in [3.63, 3.8) is 0 Å². The first kappa shape index (κ1) is 10.5. The zero-order valence-electron chi connectivity index (χ0n) is 8.88. The molecular formula is C12H14ClNO. The molecule has 0 aromatic heterocycles. The maximum atomic E-state index is 11.7. The van der Waals surface area contributed by atoms with Crippen LogP contribution < -0.4 is 5.32 Å². The molecule has 15 heavy (non-hydrogen) atoms. The van der Waals surface area contributed by atoms with Crippen molar-refractivity contribution in [2.45, 2.75) is 20.3 Å². The highest BCUT2D eigenvalue weighted by Gasteiger charge is 2.39. The second-order valence-electron chi connectivity index (χ2n) is 4.27. The average molecular weight is 224 g/mol. The minimum Gasteiger partial charge on any atom is -0.326 e. The first-order valence-electron chi connectivity index (χ1n) is 5.15. The second-order valence-corrected chi connectivity index (χ2v) is 4.70. The van der Waals surface area contributed by atoms with Crippen molar-refractivity contribution < 1.29 is 4.79 Å². The van der Waals surface area contributed by atoms with E-state index in [1.807, 2.05) is 19.1 Å². The Morgan fingerprint density at radius 1 is 1.53 bits per heavy atom. The van der Waals surface area contributed by atoms with Crippen molar-refractivity contribution in [1.29, 1.82) is 0 Å². The number of amides is 1. The maximum Gasteiger partial charge on any atom is 0.227 e. The summed E-state index contributed by atoms with van der Waals surface area (Å²) in [7, 11) is 0. The number of aryl methyl sites for hydroxylation is 1. The van der Waals surface area contributed by atoms with Gasteiger partial charge in [-0.25, -0.2) is 0 Å². The summed E-state index contributed by atoms with van der Waals surface area (Å²) in [6.45, 7) is 4.05. The lowest BCUT2D eigenvalue weighted by Gasteiger charge is -2.08. The van der Waals surface area contributed by atoms with Crippen LogP contribution in [0.1, 0.15) is 18.9 Å². The molecule has 1 aromatic rings. The van der Waals surface area contributed by atoms with E-state index in [0.717, 1.165) is 17.7 Å². The van der Waals surface area contributed by atoms with Gasteiger partial charge in [-0.2, -0.15) is 0 Å². The maximum absolute atomic E-state index is 11.7. The van der Waals surface area contributed by atoms with E-state index in [2.05, 4.69) is 12.2 Å². The van der Waals surface area contributed by atoms with Gasteiger partial charge < -0.3 is 5.32 Å². The summed E-state index contributed by atoms with van der Waals surface area (Å²) < 4.78 is 0. The second kappa shape index (κ2) is 3.86. The summed E-state index contributed by atoms with van der Waals surface area (Å²) in [5, 5.41) is 3.57. The summed E-state index contributed by atoms with van der Waals surface area (Å²) in [6.07, 6.45) is 1.01. The Bertz CT molecular complexity index is 403. The molecule has 1 fully saturated rings. The van der Waals surface area contributed by atoms with Crippen molar-refractivity contribution >= 4 is 23.2 Å². The van der Waals surface area contributed by atoms with Gasteiger partial charge in [0.1, 0.15) is 0 Å². The van der Waals surface area contributed by atoms with Crippen LogP contribution in [-0.2, 0) is 4.79 Å². The standard InChI is InChI=1S/C12H14ClNO/c1-7-3-4-9(13)6-11(7)14-12(15)10-5-8(10)2/h3-4,6,8,10H,5H2,1-2H3,(H,14,15)/t8-,10+/m1/s1. The molecule has 0 aliphatic heterocycles. The molecular weight excluding hydrogens is 210 g/mol. The molecule has 80 valence electrons. The fraction of sp³-hybridized carbons (Fsp3) is 0.417. The van der Waals surface area contributed by atoms with Crippen molar-refractivity contribution in [3.8, 4) is 0 Å². The number of hydrogen-bond acceptors (Lipinski definition) is 1. The first-order chi connectivity index (χ1) is 7.08. The van der Waals surface area contributed by atoms with Crippen LogP contribution in [0.4, 0.5) is 5.69 Å². The highest BCUT2D eigenvalue weighted by molar-refractivity contribution is 6.31. The van der Waals surface area contributed by atoms with E-state index in [1.54, 1.807) is 6.07 Å². The molecule has 0 heterocycles. The summed E-state index contributed by atoms with van der Waals surface area (Å²) in [6, 6.07) is 5.53. The topological polar surface area (TPSA) is 29.1 Å². The van der Waals surface area contributed by atoms with Crippen molar-refractivity contribution in [1.82, 2.24) is 0 Å².